The molecule has 0 unspecified atom stereocenters. The SMILES string of the molecule is COc1ccc2c(c1)c(C(=O)Oc1c(C)cc(C(=O)OCc3ccccc3)cc1C)c1cc(OCc3ccccc3)ccc1[n+]2C. The third-order valence-electron chi connectivity index (χ3n) is 7.99. The molecule has 0 aliphatic heterocycles. The maximum Gasteiger partial charge on any atom is 0.345 e. The van der Waals surface area contributed by atoms with Crippen molar-refractivity contribution >= 4 is 33.7 Å². The van der Waals surface area contributed by atoms with Crippen molar-refractivity contribution in [2.24, 2.45) is 7.05 Å². The molecule has 6 rings (SSSR count). The van der Waals surface area contributed by atoms with Crippen molar-refractivity contribution in [1.82, 2.24) is 0 Å². The number of aromatic nitrogens is 1. The molecule has 46 heavy (non-hydrogen) atoms. The van der Waals surface area contributed by atoms with Gasteiger partial charge in [-0.05, 0) is 72.5 Å². The number of ether oxygens (including phenoxy) is 4. The number of carbonyl (C=O) groups excluding carboxylic acids is 2. The molecule has 0 fully saturated rings. The highest BCUT2D eigenvalue weighted by Gasteiger charge is 2.26. The summed E-state index contributed by atoms with van der Waals surface area (Å²) in [5.41, 5.74) is 5.66. The number of pyridine rings is 1. The summed E-state index contributed by atoms with van der Waals surface area (Å²) in [6, 6.07) is 34.1. The summed E-state index contributed by atoms with van der Waals surface area (Å²) in [4.78, 5) is 27.1. The average molecular weight is 613 g/mol. The molecule has 1 heterocycles. The number of aryl methyl sites for hydroxylation is 3. The molecular formula is C39H34NO6+. The lowest BCUT2D eigenvalue weighted by molar-refractivity contribution is -0.617. The number of esters is 2. The molecule has 0 N–H and O–H groups in total. The second-order valence-electron chi connectivity index (χ2n) is 11.2. The standard InChI is InChI=1S/C39H34NO6/c1-25-19-29(38(41)45-24-28-13-9-6-10-14-28)20-26(2)37(25)46-39(42)36-32-21-30(43-4)15-17-34(32)40(3)35-18-16-31(22-33(35)36)44-23-27-11-7-5-8-12-27/h5-22H,23-24H2,1-4H3/q+1. The first-order valence-electron chi connectivity index (χ1n) is 15.0. The van der Waals surface area contributed by atoms with Crippen LogP contribution in [0, 0.1) is 13.8 Å². The van der Waals surface area contributed by atoms with E-state index in [1.807, 2.05) is 123 Å². The van der Waals surface area contributed by atoms with E-state index in [0.29, 0.717) is 56.9 Å². The van der Waals surface area contributed by atoms with Crippen molar-refractivity contribution in [3.8, 4) is 17.2 Å². The minimum Gasteiger partial charge on any atom is -0.497 e. The Kier molecular flexibility index (Phi) is 8.65. The van der Waals surface area contributed by atoms with Gasteiger partial charge in [0.15, 0.2) is 0 Å². The van der Waals surface area contributed by atoms with Gasteiger partial charge in [0.1, 0.15) is 37.5 Å². The molecule has 6 aromatic rings. The summed E-state index contributed by atoms with van der Waals surface area (Å²) >= 11 is 0. The van der Waals surface area contributed by atoms with E-state index < -0.39 is 11.9 Å². The fourth-order valence-electron chi connectivity index (χ4n) is 5.65. The van der Waals surface area contributed by atoms with Crippen LogP contribution < -0.4 is 18.8 Å². The predicted molar refractivity (Wildman–Crippen MR) is 176 cm³/mol. The largest absolute Gasteiger partial charge is 0.497 e. The van der Waals surface area contributed by atoms with Gasteiger partial charge >= 0.3 is 11.9 Å². The molecule has 0 spiro atoms. The maximum atomic E-state index is 14.2. The zero-order chi connectivity index (χ0) is 32.2. The molecule has 0 atom stereocenters. The number of fused-ring (bicyclic) bond motifs is 2. The Hall–Kier alpha value is -5.69. The third kappa shape index (κ3) is 6.26. The second-order valence-corrected chi connectivity index (χ2v) is 11.2. The Bertz CT molecular complexity index is 2050. The highest BCUT2D eigenvalue weighted by molar-refractivity contribution is 6.14. The van der Waals surface area contributed by atoms with Crippen molar-refractivity contribution < 1.29 is 33.1 Å². The molecule has 0 aliphatic carbocycles. The van der Waals surface area contributed by atoms with Gasteiger partial charge in [-0.3, -0.25) is 0 Å². The summed E-state index contributed by atoms with van der Waals surface area (Å²) in [5.74, 6) is 0.644. The summed E-state index contributed by atoms with van der Waals surface area (Å²) in [5, 5.41) is 1.35. The van der Waals surface area contributed by atoms with Gasteiger partial charge in [0, 0.05) is 12.1 Å². The minimum atomic E-state index is -0.533. The average Bonchev–Trinajstić information content (AvgIpc) is 3.08. The Morgan fingerprint density at radius 1 is 0.652 bits per heavy atom. The first kappa shape index (κ1) is 30.3. The third-order valence-corrected chi connectivity index (χ3v) is 7.99. The summed E-state index contributed by atoms with van der Waals surface area (Å²) in [6.07, 6.45) is 0. The van der Waals surface area contributed by atoms with E-state index in [2.05, 4.69) is 0 Å². The molecule has 0 saturated carbocycles. The van der Waals surface area contributed by atoms with Crippen LogP contribution >= 0.6 is 0 Å². The van der Waals surface area contributed by atoms with Crippen LogP contribution in [0.4, 0.5) is 0 Å². The van der Waals surface area contributed by atoms with Crippen molar-refractivity contribution in [3.63, 3.8) is 0 Å². The first-order valence-corrected chi connectivity index (χ1v) is 15.0. The van der Waals surface area contributed by atoms with Gasteiger partial charge in [-0.15, -0.1) is 0 Å². The fraction of sp³-hybridized carbons (Fsp3) is 0.154. The van der Waals surface area contributed by atoms with Crippen LogP contribution in [0.15, 0.2) is 109 Å². The van der Waals surface area contributed by atoms with Gasteiger partial charge in [-0.1, -0.05) is 60.7 Å². The van der Waals surface area contributed by atoms with Crippen LogP contribution in [0.5, 0.6) is 17.2 Å². The van der Waals surface area contributed by atoms with E-state index in [9.17, 15) is 9.59 Å². The number of hydrogen-bond acceptors (Lipinski definition) is 6. The van der Waals surface area contributed by atoms with E-state index in [1.165, 1.54) is 0 Å². The zero-order valence-electron chi connectivity index (χ0n) is 26.2. The van der Waals surface area contributed by atoms with E-state index in [1.54, 1.807) is 19.2 Å². The number of carbonyl (C=O) groups is 2. The number of hydrogen-bond donors (Lipinski definition) is 0. The quantitative estimate of drug-likeness (QED) is 0.0725. The molecule has 1 aromatic heterocycles. The van der Waals surface area contributed by atoms with Crippen molar-refractivity contribution in [2.45, 2.75) is 27.1 Å². The van der Waals surface area contributed by atoms with Crippen LogP contribution in [0.1, 0.15) is 43.0 Å². The van der Waals surface area contributed by atoms with E-state index in [-0.39, 0.29) is 6.61 Å². The minimum absolute atomic E-state index is 0.167. The zero-order valence-corrected chi connectivity index (χ0v) is 26.2. The maximum absolute atomic E-state index is 14.2. The van der Waals surface area contributed by atoms with Gasteiger partial charge in [0.25, 0.3) is 0 Å². The normalized spacial score (nSPS) is 11.0. The lowest BCUT2D eigenvalue weighted by Gasteiger charge is -2.15. The van der Waals surface area contributed by atoms with Crippen molar-refractivity contribution in [2.75, 3.05) is 7.11 Å². The van der Waals surface area contributed by atoms with Gasteiger partial charge in [-0.25, -0.2) is 9.59 Å². The van der Waals surface area contributed by atoms with Crippen LogP contribution in [0.25, 0.3) is 21.8 Å². The lowest BCUT2D eigenvalue weighted by atomic mass is 10.0. The molecule has 5 aromatic carbocycles. The molecule has 230 valence electrons. The summed E-state index contributed by atoms with van der Waals surface area (Å²) in [7, 11) is 3.55. The Labute approximate surface area is 267 Å². The molecule has 7 heteroatoms. The Morgan fingerprint density at radius 3 is 1.78 bits per heavy atom. The molecule has 0 aliphatic rings. The first-order chi connectivity index (χ1) is 22.3. The van der Waals surface area contributed by atoms with E-state index in [4.69, 9.17) is 18.9 Å². The van der Waals surface area contributed by atoms with E-state index in [0.717, 1.165) is 22.2 Å². The van der Waals surface area contributed by atoms with Crippen molar-refractivity contribution in [1.29, 1.82) is 0 Å². The van der Waals surface area contributed by atoms with Crippen LogP contribution in [0.2, 0.25) is 0 Å². The topological polar surface area (TPSA) is 74.9 Å². The molecule has 7 nitrogen and oxygen atoms in total. The number of methoxy groups -OCH3 is 1. The highest BCUT2D eigenvalue weighted by atomic mass is 16.5. The molecule has 0 amide bonds. The summed E-state index contributed by atoms with van der Waals surface area (Å²) in [6.45, 7) is 4.17. The van der Waals surface area contributed by atoms with Gasteiger partial charge < -0.3 is 18.9 Å². The van der Waals surface area contributed by atoms with E-state index >= 15 is 0 Å². The lowest BCUT2D eigenvalue weighted by Crippen LogP contribution is -2.31. The molecule has 0 bridgehead atoms. The summed E-state index contributed by atoms with van der Waals surface area (Å²) < 4.78 is 25.4. The van der Waals surface area contributed by atoms with Crippen LogP contribution in [0.3, 0.4) is 0 Å². The van der Waals surface area contributed by atoms with Gasteiger partial charge in [0.05, 0.1) is 29.0 Å². The number of nitrogens with zero attached hydrogens (tertiary/aromatic N) is 1. The molecule has 0 saturated heterocycles. The molecular weight excluding hydrogens is 578 g/mol. The predicted octanol–water partition coefficient (Wildman–Crippen LogP) is 7.60. The number of benzene rings is 5. The van der Waals surface area contributed by atoms with Crippen molar-refractivity contribution in [3.05, 3.63) is 143 Å². The Balaban J connectivity index is 1.36. The molecule has 0 radical (unpaired) electrons. The van der Waals surface area contributed by atoms with Gasteiger partial charge in [0.2, 0.25) is 11.0 Å². The highest BCUT2D eigenvalue weighted by Crippen LogP contribution is 2.33. The second kappa shape index (κ2) is 13.1. The monoisotopic (exact) mass is 612 g/mol. The van der Waals surface area contributed by atoms with Gasteiger partial charge in [-0.2, -0.15) is 4.57 Å². The Morgan fingerprint density at radius 2 is 1.20 bits per heavy atom. The smallest absolute Gasteiger partial charge is 0.345 e. The fourth-order valence-corrected chi connectivity index (χ4v) is 5.65. The van der Waals surface area contributed by atoms with Crippen LogP contribution in [-0.4, -0.2) is 19.0 Å². The number of rotatable bonds is 9. The van der Waals surface area contributed by atoms with Crippen LogP contribution in [-0.2, 0) is 25.0 Å².